The molecular formula is C30H24F7N3O5S. The number of hydrogen-bond donors (Lipinski definition) is 4. The summed E-state index contributed by atoms with van der Waals surface area (Å²) in [4.78, 5) is 39.3. The van der Waals surface area contributed by atoms with Gasteiger partial charge in [0, 0.05) is 21.3 Å². The SMILES string of the molecule is COc1ccc(C(=O)NC(C)(C)CO)cc1C(=O)Nc1c(C(=O)Nc2ccc(F)c(C(F)(F)F)c2)sc2cc(C(F)(F)F)ccc12. The molecule has 16 heteroatoms. The Labute approximate surface area is 260 Å². The van der Waals surface area contributed by atoms with Gasteiger partial charge in [-0.05, 0) is 62.4 Å². The van der Waals surface area contributed by atoms with E-state index in [1.165, 1.54) is 19.2 Å². The van der Waals surface area contributed by atoms with Crippen molar-refractivity contribution >= 4 is 50.5 Å². The van der Waals surface area contributed by atoms with Crippen molar-refractivity contribution in [2.24, 2.45) is 0 Å². The van der Waals surface area contributed by atoms with Gasteiger partial charge >= 0.3 is 12.4 Å². The highest BCUT2D eigenvalue weighted by Gasteiger charge is 2.35. The number of amides is 3. The fraction of sp³-hybridized carbons (Fsp3) is 0.233. The Hall–Kier alpha value is -4.70. The highest BCUT2D eigenvalue weighted by atomic mass is 32.1. The van der Waals surface area contributed by atoms with Crippen LogP contribution >= 0.6 is 11.3 Å². The van der Waals surface area contributed by atoms with E-state index in [1.807, 2.05) is 0 Å². The number of benzene rings is 3. The predicted octanol–water partition coefficient (Wildman–Crippen LogP) is 7.09. The van der Waals surface area contributed by atoms with Crippen molar-refractivity contribution in [2.45, 2.75) is 31.7 Å². The third kappa shape index (κ3) is 7.39. The van der Waals surface area contributed by atoms with E-state index in [0.29, 0.717) is 23.5 Å². The molecule has 8 nitrogen and oxygen atoms in total. The van der Waals surface area contributed by atoms with Crippen molar-refractivity contribution in [2.75, 3.05) is 24.4 Å². The third-order valence-corrected chi connectivity index (χ3v) is 7.70. The number of ether oxygens (including phenoxy) is 1. The second-order valence-corrected chi connectivity index (χ2v) is 11.6. The number of methoxy groups -OCH3 is 1. The molecule has 1 heterocycles. The van der Waals surface area contributed by atoms with Gasteiger partial charge in [0.05, 0.1) is 41.6 Å². The summed E-state index contributed by atoms with van der Waals surface area (Å²) in [7, 11) is 1.23. The maximum Gasteiger partial charge on any atom is 0.419 e. The molecule has 46 heavy (non-hydrogen) atoms. The number of thiophene rings is 1. The van der Waals surface area contributed by atoms with Crippen molar-refractivity contribution in [1.82, 2.24) is 5.32 Å². The number of nitrogens with one attached hydrogen (secondary N) is 3. The standard InChI is InChI=1S/C30H24F7N3O5S/c1-28(2,13-41)40-25(42)14-4-9-21(45-3)18(10-14)26(43)39-23-17-7-5-15(29(32,33)34)11-22(17)46-24(23)27(44)38-16-6-8-20(31)19(12-16)30(35,36)37/h4-12,41H,13H2,1-3H3,(H,38,44)(H,39,43)(H,40,42). The van der Waals surface area contributed by atoms with Crippen molar-refractivity contribution in [1.29, 1.82) is 0 Å². The Bertz CT molecular complexity index is 1830. The smallest absolute Gasteiger partial charge is 0.419 e. The number of aliphatic hydroxyl groups is 1. The van der Waals surface area contributed by atoms with Crippen LogP contribution in [0.15, 0.2) is 54.6 Å². The molecule has 3 aromatic carbocycles. The fourth-order valence-electron chi connectivity index (χ4n) is 4.19. The zero-order chi connectivity index (χ0) is 34.2. The van der Waals surface area contributed by atoms with Gasteiger partial charge in [0.25, 0.3) is 17.7 Å². The van der Waals surface area contributed by atoms with Crippen LogP contribution in [0.3, 0.4) is 0 Å². The molecule has 0 aliphatic carbocycles. The highest BCUT2D eigenvalue weighted by Crippen LogP contribution is 2.41. The van der Waals surface area contributed by atoms with Gasteiger partial charge in [-0.15, -0.1) is 11.3 Å². The lowest BCUT2D eigenvalue weighted by Crippen LogP contribution is -2.46. The van der Waals surface area contributed by atoms with Gasteiger partial charge in [0.1, 0.15) is 16.4 Å². The number of rotatable bonds is 8. The van der Waals surface area contributed by atoms with E-state index < -0.39 is 69.7 Å². The maximum atomic E-state index is 13.8. The van der Waals surface area contributed by atoms with Gasteiger partial charge < -0.3 is 25.8 Å². The molecule has 0 saturated heterocycles. The molecule has 0 atom stereocenters. The topological polar surface area (TPSA) is 117 Å². The molecule has 0 aliphatic rings. The molecule has 0 radical (unpaired) electrons. The number of fused-ring (bicyclic) bond motifs is 1. The fourth-order valence-corrected chi connectivity index (χ4v) is 5.28. The average Bonchev–Trinajstić information content (AvgIpc) is 3.34. The summed E-state index contributed by atoms with van der Waals surface area (Å²) in [6.45, 7) is 2.70. The number of hydrogen-bond acceptors (Lipinski definition) is 6. The summed E-state index contributed by atoms with van der Waals surface area (Å²) in [5.41, 5.74) is -4.75. The van der Waals surface area contributed by atoms with Crippen molar-refractivity contribution in [3.05, 3.63) is 87.5 Å². The Morgan fingerprint density at radius 2 is 1.54 bits per heavy atom. The van der Waals surface area contributed by atoms with Crippen molar-refractivity contribution < 1.29 is 55.0 Å². The molecule has 0 fully saturated rings. The largest absolute Gasteiger partial charge is 0.496 e. The summed E-state index contributed by atoms with van der Waals surface area (Å²) in [5.74, 6) is -4.34. The molecule has 4 rings (SSSR count). The lowest BCUT2D eigenvalue weighted by molar-refractivity contribution is -0.140. The van der Waals surface area contributed by atoms with Gasteiger partial charge in [-0.25, -0.2) is 4.39 Å². The molecule has 0 unspecified atom stereocenters. The first kappa shape index (κ1) is 34.2. The van der Waals surface area contributed by atoms with Crippen LogP contribution in [0.1, 0.15) is 55.4 Å². The number of halogens is 7. The first-order valence-electron chi connectivity index (χ1n) is 13.1. The van der Waals surface area contributed by atoms with Gasteiger partial charge in [-0.2, -0.15) is 26.3 Å². The minimum absolute atomic E-state index is 0.0100. The summed E-state index contributed by atoms with van der Waals surface area (Å²) >= 11 is 0.516. The number of aliphatic hydroxyl groups excluding tert-OH is 1. The molecule has 0 bridgehead atoms. The molecule has 1 aromatic heterocycles. The number of alkyl halides is 6. The van der Waals surface area contributed by atoms with Crippen molar-refractivity contribution in [3.63, 3.8) is 0 Å². The van der Waals surface area contributed by atoms with Gasteiger partial charge in [0.15, 0.2) is 0 Å². The van der Waals surface area contributed by atoms with Crippen LogP contribution in [0.5, 0.6) is 5.75 Å². The highest BCUT2D eigenvalue weighted by molar-refractivity contribution is 7.21. The lowest BCUT2D eigenvalue weighted by atomic mass is 10.0. The monoisotopic (exact) mass is 671 g/mol. The van der Waals surface area contributed by atoms with Gasteiger partial charge in [-0.3, -0.25) is 14.4 Å². The van der Waals surface area contributed by atoms with Gasteiger partial charge in [0.2, 0.25) is 0 Å². The Kier molecular flexibility index (Phi) is 9.36. The second-order valence-electron chi connectivity index (χ2n) is 10.5. The van der Waals surface area contributed by atoms with E-state index in [9.17, 15) is 50.2 Å². The molecule has 4 N–H and O–H groups in total. The Balaban J connectivity index is 1.77. The van der Waals surface area contributed by atoms with Crippen LogP contribution in [-0.2, 0) is 12.4 Å². The predicted molar refractivity (Wildman–Crippen MR) is 156 cm³/mol. The van der Waals surface area contributed by atoms with E-state index in [4.69, 9.17) is 4.74 Å². The van der Waals surface area contributed by atoms with Crippen LogP contribution in [0.2, 0.25) is 0 Å². The van der Waals surface area contributed by atoms with E-state index in [2.05, 4.69) is 16.0 Å². The number of carbonyl (C=O) groups is 3. The number of carbonyl (C=O) groups excluding carboxylic acids is 3. The van der Waals surface area contributed by atoms with E-state index in [1.54, 1.807) is 13.8 Å². The minimum atomic E-state index is -5.09. The lowest BCUT2D eigenvalue weighted by Gasteiger charge is -2.23. The minimum Gasteiger partial charge on any atom is -0.496 e. The average molecular weight is 672 g/mol. The first-order chi connectivity index (χ1) is 21.3. The Morgan fingerprint density at radius 1 is 0.848 bits per heavy atom. The van der Waals surface area contributed by atoms with Crippen LogP contribution < -0.4 is 20.7 Å². The Morgan fingerprint density at radius 3 is 2.15 bits per heavy atom. The summed E-state index contributed by atoms with van der Waals surface area (Å²) in [5, 5.41) is 16.7. The van der Waals surface area contributed by atoms with Gasteiger partial charge in [-0.1, -0.05) is 6.07 Å². The number of anilines is 2. The quantitative estimate of drug-likeness (QED) is 0.149. The van der Waals surface area contributed by atoms with Crippen LogP contribution in [0.25, 0.3) is 10.1 Å². The molecule has 0 aliphatic heterocycles. The first-order valence-corrected chi connectivity index (χ1v) is 13.9. The molecule has 0 saturated carbocycles. The zero-order valence-corrected chi connectivity index (χ0v) is 24.9. The summed E-state index contributed by atoms with van der Waals surface area (Å²) in [6, 6.07) is 7.96. The maximum absolute atomic E-state index is 13.8. The summed E-state index contributed by atoms with van der Waals surface area (Å²) < 4.78 is 99.0. The van der Waals surface area contributed by atoms with E-state index >= 15 is 0 Å². The van der Waals surface area contributed by atoms with E-state index in [-0.39, 0.29) is 32.6 Å². The van der Waals surface area contributed by atoms with Crippen LogP contribution in [0, 0.1) is 5.82 Å². The zero-order valence-electron chi connectivity index (χ0n) is 24.0. The van der Waals surface area contributed by atoms with Crippen molar-refractivity contribution in [3.8, 4) is 5.75 Å². The summed E-state index contributed by atoms with van der Waals surface area (Å²) in [6.07, 6.45) is -9.85. The third-order valence-electron chi connectivity index (χ3n) is 6.55. The molecule has 0 spiro atoms. The molecule has 4 aromatic rings. The van der Waals surface area contributed by atoms with E-state index in [0.717, 1.165) is 30.3 Å². The normalized spacial score (nSPS) is 12.2. The molecule has 244 valence electrons. The van der Waals surface area contributed by atoms with Crippen LogP contribution in [0.4, 0.5) is 42.1 Å². The second kappa shape index (κ2) is 12.6. The van der Waals surface area contributed by atoms with Crippen LogP contribution in [-0.4, -0.2) is 42.1 Å². The molecule has 3 amide bonds. The molecular weight excluding hydrogens is 647 g/mol.